The van der Waals surface area contributed by atoms with E-state index < -0.39 is 28.5 Å². The highest BCUT2D eigenvalue weighted by Crippen LogP contribution is 2.26. The Labute approximate surface area is 233 Å². The predicted molar refractivity (Wildman–Crippen MR) is 152 cm³/mol. The maximum absolute atomic E-state index is 13.8. The minimum absolute atomic E-state index is 0.0887. The Hall–Kier alpha value is -2.10. The molecule has 1 atom stereocenters. The Balaban J connectivity index is 1.93. The quantitative estimate of drug-likeness (QED) is 0.388. The molecule has 10 heteroatoms. The van der Waals surface area contributed by atoms with Crippen LogP contribution in [0, 0.1) is 6.92 Å². The van der Waals surface area contributed by atoms with Gasteiger partial charge >= 0.3 is 0 Å². The minimum atomic E-state index is -3.79. The van der Waals surface area contributed by atoms with Crippen LogP contribution in [0.15, 0.2) is 46.9 Å². The first-order valence-electron chi connectivity index (χ1n) is 12.6. The number of carbonyl (C=O) groups is 2. The molecule has 0 radical (unpaired) electrons. The first kappa shape index (κ1) is 29.5. The molecule has 0 unspecified atom stereocenters. The van der Waals surface area contributed by atoms with Crippen LogP contribution in [0.5, 0.6) is 0 Å². The summed E-state index contributed by atoms with van der Waals surface area (Å²) in [5.41, 5.74) is 1.91. The second-order valence-electron chi connectivity index (χ2n) is 9.58. The molecule has 0 bridgehead atoms. The maximum atomic E-state index is 13.8. The molecule has 1 fully saturated rings. The summed E-state index contributed by atoms with van der Waals surface area (Å²) in [6.07, 6.45) is 6.60. The van der Waals surface area contributed by atoms with Crippen LogP contribution in [0.25, 0.3) is 0 Å². The van der Waals surface area contributed by atoms with E-state index in [1.165, 1.54) is 4.90 Å². The zero-order chi connectivity index (χ0) is 27.2. The van der Waals surface area contributed by atoms with Gasteiger partial charge in [-0.25, -0.2) is 8.42 Å². The zero-order valence-corrected chi connectivity index (χ0v) is 24.7. The highest BCUT2D eigenvalue weighted by molar-refractivity contribution is 9.10. The van der Waals surface area contributed by atoms with Gasteiger partial charge in [-0.2, -0.15) is 0 Å². The van der Waals surface area contributed by atoms with Gasteiger partial charge in [-0.1, -0.05) is 71.9 Å². The first-order valence-corrected chi connectivity index (χ1v) is 15.6. The monoisotopic (exact) mass is 611 g/mol. The van der Waals surface area contributed by atoms with Gasteiger partial charge in [0.05, 0.1) is 11.9 Å². The molecule has 1 N–H and O–H groups in total. The molecule has 3 rings (SSSR count). The lowest BCUT2D eigenvalue weighted by Gasteiger charge is -2.34. The number of aryl methyl sites for hydroxylation is 1. The molecule has 2 amide bonds. The van der Waals surface area contributed by atoms with Gasteiger partial charge in [-0.05, 0) is 61.6 Å². The molecule has 202 valence electrons. The molecule has 1 aliphatic carbocycles. The molecule has 2 aromatic carbocycles. The third kappa shape index (κ3) is 7.94. The molecule has 0 heterocycles. The number of amides is 2. The zero-order valence-electron chi connectivity index (χ0n) is 21.5. The fraction of sp³-hybridized carbons (Fsp3) is 0.481. The van der Waals surface area contributed by atoms with Crippen molar-refractivity contribution in [2.24, 2.45) is 0 Å². The van der Waals surface area contributed by atoms with Crippen molar-refractivity contribution in [1.29, 1.82) is 0 Å². The lowest BCUT2D eigenvalue weighted by molar-refractivity contribution is -0.140. The van der Waals surface area contributed by atoms with Crippen molar-refractivity contribution in [3.8, 4) is 0 Å². The van der Waals surface area contributed by atoms with Gasteiger partial charge < -0.3 is 10.2 Å². The summed E-state index contributed by atoms with van der Waals surface area (Å²) in [6, 6.07) is 11.6. The van der Waals surface area contributed by atoms with E-state index in [1.807, 2.05) is 19.9 Å². The van der Waals surface area contributed by atoms with Crippen molar-refractivity contribution in [2.45, 2.75) is 71.0 Å². The summed E-state index contributed by atoms with van der Waals surface area (Å²) in [7, 11) is -3.79. The molecular formula is C27H35BrClN3O4S. The van der Waals surface area contributed by atoms with E-state index in [1.54, 1.807) is 36.4 Å². The number of anilines is 1. The third-order valence-electron chi connectivity index (χ3n) is 6.74. The highest BCUT2D eigenvalue weighted by atomic mass is 79.9. The average Bonchev–Trinajstić information content (AvgIpc) is 2.85. The van der Waals surface area contributed by atoms with Crippen LogP contribution in [0.3, 0.4) is 0 Å². The van der Waals surface area contributed by atoms with Gasteiger partial charge in [0.15, 0.2) is 0 Å². The van der Waals surface area contributed by atoms with Crippen molar-refractivity contribution >= 4 is 55.1 Å². The third-order valence-corrected chi connectivity index (χ3v) is 9.14. The van der Waals surface area contributed by atoms with Crippen molar-refractivity contribution in [1.82, 2.24) is 10.2 Å². The van der Waals surface area contributed by atoms with Crippen molar-refractivity contribution in [3.63, 3.8) is 0 Å². The van der Waals surface area contributed by atoms with Crippen LogP contribution in [0.4, 0.5) is 5.69 Å². The Morgan fingerprint density at radius 1 is 1.14 bits per heavy atom. The fourth-order valence-electron chi connectivity index (χ4n) is 4.67. The standard InChI is InChI=1S/C27H35BrClN3O4S/c1-4-25(27(34)30-21-11-6-5-7-12-21)31(17-20-10-8-9-13-24(20)29)26(33)18-32(37(3,35)36)22-14-15-23(28)19(2)16-22/h8-10,13-16,21,25H,4-7,11-12,17-18H2,1-3H3,(H,30,34)/t25-/m0/s1. The smallest absolute Gasteiger partial charge is 0.244 e. The van der Waals surface area contributed by atoms with Crippen molar-refractivity contribution in [2.75, 3.05) is 17.1 Å². The van der Waals surface area contributed by atoms with Crippen LogP contribution >= 0.6 is 27.5 Å². The second kappa shape index (κ2) is 13.1. The summed E-state index contributed by atoms with van der Waals surface area (Å²) in [5, 5.41) is 3.61. The molecule has 2 aromatic rings. The number of benzene rings is 2. The molecular weight excluding hydrogens is 578 g/mol. The molecule has 1 saturated carbocycles. The van der Waals surface area contributed by atoms with Crippen LogP contribution < -0.4 is 9.62 Å². The van der Waals surface area contributed by atoms with Crippen molar-refractivity contribution in [3.05, 3.63) is 63.1 Å². The van der Waals surface area contributed by atoms with Gasteiger partial charge in [0.2, 0.25) is 21.8 Å². The number of nitrogens with one attached hydrogen (secondary N) is 1. The van der Waals surface area contributed by atoms with Crippen LogP contribution in [-0.2, 0) is 26.2 Å². The molecule has 0 spiro atoms. The van der Waals surface area contributed by atoms with E-state index in [2.05, 4.69) is 21.2 Å². The molecule has 0 saturated heterocycles. The van der Waals surface area contributed by atoms with Crippen LogP contribution in [-0.4, -0.2) is 50.0 Å². The number of sulfonamides is 1. The SMILES string of the molecule is CC[C@@H](C(=O)NC1CCCCC1)N(Cc1ccccc1Cl)C(=O)CN(c1ccc(Br)c(C)c1)S(C)(=O)=O. The summed E-state index contributed by atoms with van der Waals surface area (Å²) in [4.78, 5) is 28.7. The first-order chi connectivity index (χ1) is 17.5. The van der Waals surface area contributed by atoms with E-state index in [0.717, 1.165) is 52.7 Å². The topological polar surface area (TPSA) is 86.8 Å². The Bertz CT molecular complexity index is 1220. The van der Waals surface area contributed by atoms with Crippen LogP contribution in [0.1, 0.15) is 56.6 Å². The number of hydrogen-bond acceptors (Lipinski definition) is 4. The second-order valence-corrected chi connectivity index (χ2v) is 12.8. The summed E-state index contributed by atoms with van der Waals surface area (Å²) >= 11 is 9.84. The van der Waals surface area contributed by atoms with E-state index in [4.69, 9.17) is 11.6 Å². The van der Waals surface area contributed by atoms with Crippen LogP contribution in [0.2, 0.25) is 5.02 Å². The number of nitrogens with zero attached hydrogens (tertiary/aromatic N) is 2. The summed E-state index contributed by atoms with van der Waals surface area (Å²) in [5.74, 6) is -0.697. The number of rotatable bonds is 10. The van der Waals surface area contributed by atoms with E-state index in [0.29, 0.717) is 22.7 Å². The van der Waals surface area contributed by atoms with Gasteiger partial charge in [-0.15, -0.1) is 0 Å². The number of hydrogen-bond donors (Lipinski definition) is 1. The van der Waals surface area contributed by atoms with Gasteiger partial charge in [0.25, 0.3) is 0 Å². The number of carbonyl (C=O) groups excluding carboxylic acids is 2. The molecule has 37 heavy (non-hydrogen) atoms. The molecule has 0 aromatic heterocycles. The van der Waals surface area contributed by atoms with E-state index in [-0.39, 0.29) is 18.5 Å². The Morgan fingerprint density at radius 2 is 1.81 bits per heavy atom. The van der Waals surface area contributed by atoms with Crippen molar-refractivity contribution < 1.29 is 18.0 Å². The lowest BCUT2D eigenvalue weighted by Crippen LogP contribution is -2.54. The normalized spacial score (nSPS) is 15.2. The summed E-state index contributed by atoms with van der Waals surface area (Å²) < 4.78 is 27.5. The largest absolute Gasteiger partial charge is 0.352 e. The lowest BCUT2D eigenvalue weighted by atomic mass is 9.95. The van der Waals surface area contributed by atoms with Gasteiger partial charge in [0, 0.05) is 22.1 Å². The van der Waals surface area contributed by atoms with E-state index in [9.17, 15) is 18.0 Å². The van der Waals surface area contributed by atoms with Gasteiger partial charge in [0.1, 0.15) is 12.6 Å². The Morgan fingerprint density at radius 3 is 2.41 bits per heavy atom. The molecule has 0 aliphatic heterocycles. The molecule has 1 aliphatic rings. The Kier molecular flexibility index (Phi) is 10.4. The summed E-state index contributed by atoms with van der Waals surface area (Å²) in [6.45, 7) is 3.36. The van der Waals surface area contributed by atoms with E-state index >= 15 is 0 Å². The average molecular weight is 613 g/mol. The minimum Gasteiger partial charge on any atom is -0.352 e. The predicted octanol–water partition coefficient (Wildman–Crippen LogP) is 5.43. The number of halogens is 2. The van der Waals surface area contributed by atoms with Gasteiger partial charge in [-0.3, -0.25) is 13.9 Å². The highest BCUT2D eigenvalue weighted by Gasteiger charge is 2.33. The maximum Gasteiger partial charge on any atom is 0.244 e. The molecule has 7 nitrogen and oxygen atoms in total. The fourth-order valence-corrected chi connectivity index (χ4v) is 5.96.